The minimum Gasteiger partial charge on any atom is -0.478 e. The van der Waals surface area contributed by atoms with Gasteiger partial charge in [-0.1, -0.05) is 19.1 Å². The van der Waals surface area contributed by atoms with Gasteiger partial charge in [-0.3, -0.25) is 9.78 Å². The zero-order valence-corrected chi connectivity index (χ0v) is 15.7. The van der Waals surface area contributed by atoms with Gasteiger partial charge in [-0.15, -0.1) is 0 Å². The monoisotopic (exact) mass is 379 g/mol. The molecule has 144 valence electrons. The van der Waals surface area contributed by atoms with E-state index >= 15 is 0 Å². The van der Waals surface area contributed by atoms with E-state index in [0.29, 0.717) is 17.1 Å². The summed E-state index contributed by atoms with van der Waals surface area (Å²) in [4.78, 5) is 32.1. The zero-order chi connectivity index (χ0) is 20.1. The van der Waals surface area contributed by atoms with Crippen LogP contribution in [0.1, 0.15) is 52.9 Å². The molecule has 0 saturated heterocycles. The number of nitrogens with one attached hydrogen (secondary N) is 1. The molecule has 2 N–H and O–H groups in total. The van der Waals surface area contributed by atoms with Crippen LogP contribution in [-0.4, -0.2) is 36.7 Å². The number of aryl methyl sites for hydroxylation is 1. The average Bonchev–Trinajstić information content (AvgIpc) is 3.17. The highest BCUT2D eigenvalue weighted by molar-refractivity contribution is 5.95. The van der Waals surface area contributed by atoms with Crippen LogP contribution >= 0.6 is 0 Å². The second-order valence-corrected chi connectivity index (χ2v) is 6.35. The number of benzene rings is 1. The number of aromatic nitrogens is 4. The van der Waals surface area contributed by atoms with E-state index in [9.17, 15) is 9.59 Å². The number of hydrogen-bond donors (Lipinski definition) is 2. The van der Waals surface area contributed by atoms with Crippen molar-refractivity contribution in [3.63, 3.8) is 0 Å². The second-order valence-electron chi connectivity index (χ2n) is 6.35. The van der Waals surface area contributed by atoms with Gasteiger partial charge in [-0.2, -0.15) is 5.10 Å². The molecule has 0 saturated carbocycles. The second kappa shape index (κ2) is 8.43. The maximum atomic E-state index is 12.7. The topological polar surface area (TPSA) is 110 Å². The smallest absolute Gasteiger partial charge is 0.337 e. The summed E-state index contributed by atoms with van der Waals surface area (Å²) in [5.74, 6) is -0.558. The molecule has 8 nitrogen and oxygen atoms in total. The van der Waals surface area contributed by atoms with Gasteiger partial charge in [0.25, 0.3) is 5.91 Å². The summed E-state index contributed by atoms with van der Waals surface area (Å²) in [6.45, 7) is 4.66. The van der Waals surface area contributed by atoms with Gasteiger partial charge in [-0.05, 0) is 37.6 Å². The van der Waals surface area contributed by atoms with Crippen molar-refractivity contribution in [3.8, 4) is 11.3 Å². The number of amides is 1. The van der Waals surface area contributed by atoms with Crippen molar-refractivity contribution in [2.24, 2.45) is 0 Å². The van der Waals surface area contributed by atoms with Gasteiger partial charge >= 0.3 is 5.97 Å². The third kappa shape index (κ3) is 4.22. The number of rotatable bonds is 7. The minimum absolute atomic E-state index is 0.114. The summed E-state index contributed by atoms with van der Waals surface area (Å²) < 4.78 is 1.79. The Hall–Kier alpha value is -3.55. The molecule has 1 amide bonds. The van der Waals surface area contributed by atoms with Gasteiger partial charge in [0, 0.05) is 23.9 Å². The molecule has 0 bridgehead atoms. The normalized spacial score (nSPS) is 11.8. The number of carbonyl (C=O) groups excluding carboxylic acids is 1. The molecule has 3 rings (SSSR count). The molecule has 0 aliphatic heterocycles. The highest BCUT2D eigenvalue weighted by atomic mass is 16.4. The first-order valence-electron chi connectivity index (χ1n) is 8.98. The van der Waals surface area contributed by atoms with Crippen LogP contribution in [0, 0.1) is 0 Å². The van der Waals surface area contributed by atoms with Crippen LogP contribution in [0.2, 0.25) is 0 Å². The maximum absolute atomic E-state index is 12.7. The van der Waals surface area contributed by atoms with Crippen LogP contribution in [0.3, 0.4) is 0 Å². The molecule has 0 fully saturated rings. The van der Waals surface area contributed by atoms with Crippen LogP contribution in [-0.2, 0) is 6.54 Å². The molecule has 28 heavy (non-hydrogen) atoms. The molecule has 2 heterocycles. The summed E-state index contributed by atoms with van der Waals surface area (Å²) in [6, 6.07) is 9.84. The Morgan fingerprint density at radius 2 is 2.00 bits per heavy atom. The van der Waals surface area contributed by atoms with E-state index in [1.807, 2.05) is 13.0 Å². The Kier molecular flexibility index (Phi) is 5.78. The maximum Gasteiger partial charge on any atom is 0.337 e. The first-order valence-corrected chi connectivity index (χ1v) is 8.98. The first kappa shape index (κ1) is 19.2. The first-order chi connectivity index (χ1) is 13.5. The Bertz CT molecular complexity index is 982. The summed E-state index contributed by atoms with van der Waals surface area (Å²) >= 11 is 0. The number of carboxylic acid groups (broad SMARTS) is 1. The van der Waals surface area contributed by atoms with Crippen LogP contribution in [0.25, 0.3) is 11.3 Å². The average molecular weight is 379 g/mol. The van der Waals surface area contributed by atoms with Crippen LogP contribution in [0.5, 0.6) is 0 Å². The van der Waals surface area contributed by atoms with Crippen molar-refractivity contribution in [2.45, 2.75) is 32.9 Å². The lowest BCUT2D eigenvalue weighted by Crippen LogP contribution is -2.29. The van der Waals surface area contributed by atoms with Gasteiger partial charge in [0.05, 0.1) is 17.3 Å². The van der Waals surface area contributed by atoms with Crippen LogP contribution < -0.4 is 5.32 Å². The van der Waals surface area contributed by atoms with Crippen LogP contribution in [0.4, 0.5) is 0 Å². The van der Waals surface area contributed by atoms with E-state index in [1.165, 1.54) is 18.6 Å². The molecule has 1 atom stereocenters. The third-order valence-corrected chi connectivity index (χ3v) is 4.25. The van der Waals surface area contributed by atoms with E-state index in [0.717, 1.165) is 18.5 Å². The molecule has 3 aromatic rings. The Morgan fingerprint density at radius 1 is 1.18 bits per heavy atom. The summed E-state index contributed by atoms with van der Waals surface area (Å²) in [6.07, 6.45) is 3.71. The van der Waals surface area contributed by atoms with E-state index in [-0.39, 0.29) is 17.5 Å². The van der Waals surface area contributed by atoms with Gasteiger partial charge in [0.1, 0.15) is 12.2 Å². The Labute approximate surface area is 162 Å². The van der Waals surface area contributed by atoms with E-state index in [2.05, 4.69) is 27.3 Å². The summed E-state index contributed by atoms with van der Waals surface area (Å²) in [7, 11) is 0. The van der Waals surface area contributed by atoms with E-state index < -0.39 is 5.97 Å². The highest BCUT2D eigenvalue weighted by Crippen LogP contribution is 2.19. The Balaban J connectivity index is 1.76. The van der Waals surface area contributed by atoms with Crippen molar-refractivity contribution in [3.05, 3.63) is 65.9 Å². The van der Waals surface area contributed by atoms with Crippen molar-refractivity contribution >= 4 is 11.9 Å². The van der Waals surface area contributed by atoms with E-state index in [4.69, 9.17) is 5.11 Å². The predicted octanol–water partition coefficient (Wildman–Crippen LogP) is 2.94. The number of aromatic carboxylic acids is 1. The quantitative estimate of drug-likeness (QED) is 0.653. The third-order valence-electron chi connectivity index (χ3n) is 4.25. The summed E-state index contributed by atoms with van der Waals surface area (Å²) in [5.41, 5.74) is 1.92. The molecule has 0 aliphatic carbocycles. The lowest BCUT2D eigenvalue weighted by molar-refractivity contribution is 0.0696. The van der Waals surface area contributed by atoms with Gasteiger partial charge in [0.15, 0.2) is 0 Å². The predicted molar refractivity (Wildman–Crippen MR) is 103 cm³/mol. The fourth-order valence-electron chi connectivity index (χ4n) is 2.85. The highest BCUT2D eigenvalue weighted by Gasteiger charge is 2.17. The largest absolute Gasteiger partial charge is 0.478 e. The lowest BCUT2D eigenvalue weighted by Gasteiger charge is -2.15. The zero-order valence-electron chi connectivity index (χ0n) is 15.7. The van der Waals surface area contributed by atoms with Crippen molar-refractivity contribution in [1.29, 1.82) is 0 Å². The molecule has 1 aromatic carbocycles. The van der Waals surface area contributed by atoms with Gasteiger partial charge in [-0.25, -0.2) is 14.5 Å². The molecule has 0 unspecified atom stereocenters. The lowest BCUT2D eigenvalue weighted by atomic mass is 10.1. The van der Waals surface area contributed by atoms with Crippen molar-refractivity contribution in [2.75, 3.05) is 0 Å². The van der Waals surface area contributed by atoms with Gasteiger partial charge < -0.3 is 10.4 Å². The SMILES string of the molecule is CCCn1ncnc1[C@H](C)NC(=O)c1cccc(-c2ccc(C(=O)O)cn2)c1. The molecule has 0 radical (unpaired) electrons. The van der Waals surface area contributed by atoms with Crippen molar-refractivity contribution < 1.29 is 14.7 Å². The number of carbonyl (C=O) groups is 2. The summed E-state index contributed by atoms with van der Waals surface area (Å²) in [5, 5.41) is 16.1. The fourth-order valence-corrected chi connectivity index (χ4v) is 2.85. The number of nitrogens with zero attached hydrogens (tertiary/aromatic N) is 4. The Morgan fingerprint density at radius 3 is 2.68 bits per heavy atom. The molecule has 0 spiro atoms. The van der Waals surface area contributed by atoms with E-state index in [1.54, 1.807) is 28.9 Å². The van der Waals surface area contributed by atoms with Crippen LogP contribution in [0.15, 0.2) is 48.9 Å². The molecular formula is C20H21N5O3. The van der Waals surface area contributed by atoms with Crippen molar-refractivity contribution in [1.82, 2.24) is 25.1 Å². The van der Waals surface area contributed by atoms with Gasteiger partial charge in [0.2, 0.25) is 0 Å². The minimum atomic E-state index is -1.03. The number of hydrogen-bond acceptors (Lipinski definition) is 5. The molecular weight excluding hydrogens is 358 g/mol. The standard InChI is InChI=1S/C20H21N5O3/c1-3-9-25-18(22-12-23-25)13(2)24-19(26)15-6-4-5-14(10-15)17-8-7-16(11-21-17)20(27)28/h4-8,10-13H,3,9H2,1-2H3,(H,24,26)(H,27,28)/t13-/m0/s1. The number of pyridine rings is 1. The molecule has 2 aromatic heterocycles. The number of carboxylic acids is 1. The fraction of sp³-hybridized carbons (Fsp3) is 0.250. The molecule has 8 heteroatoms. The molecule has 0 aliphatic rings.